The lowest BCUT2D eigenvalue weighted by Crippen LogP contribution is -2.11. The van der Waals surface area contributed by atoms with Crippen molar-refractivity contribution in [3.05, 3.63) is 63.7 Å². The Morgan fingerprint density at radius 3 is 2.35 bits per heavy atom. The lowest BCUT2D eigenvalue weighted by molar-refractivity contribution is 0.974. The molecule has 0 aromatic heterocycles. The van der Waals surface area contributed by atoms with Gasteiger partial charge in [0.25, 0.3) is 0 Å². The highest BCUT2D eigenvalue weighted by Gasteiger charge is 2.15. The van der Waals surface area contributed by atoms with Crippen molar-refractivity contribution in [3.8, 4) is 6.07 Å². The van der Waals surface area contributed by atoms with Gasteiger partial charge in [-0.15, -0.1) is 0 Å². The van der Waals surface area contributed by atoms with Crippen LogP contribution in [0.25, 0.3) is 0 Å². The average Bonchev–Trinajstić information content (AvgIpc) is 2.42. The SMILES string of the molecule is Cc1cc(C)c(C(C#N)Nc2ccccc2Cl)cc1C. The molecule has 3 heteroatoms. The van der Waals surface area contributed by atoms with Gasteiger partial charge >= 0.3 is 0 Å². The van der Waals surface area contributed by atoms with E-state index >= 15 is 0 Å². The van der Waals surface area contributed by atoms with Crippen LogP contribution in [-0.2, 0) is 0 Å². The van der Waals surface area contributed by atoms with E-state index < -0.39 is 6.04 Å². The maximum Gasteiger partial charge on any atom is 0.140 e. The number of halogens is 1. The summed E-state index contributed by atoms with van der Waals surface area (Å²) in [5.41, 5.74) is 5.31. The molecule has 2 rings (SSSR count). The van der Waals surface area contributed by atoms with E-state index in [4.69, 9.17) is 11.6 Å². The number of para-hydroxylation sites is 1. The molecule has 0 radical (unpaired) electrons. The molecule has 20 heavy (non-hydrogen) atoms. The van der Waals surface area contributed by atoms with E-state index in [1.165, 1.54) is 11.1 Å². The summed E-state index contributed by atoms with van der Waals surface area (Å²) in [6, 6.07) is 13.5. The molecule has 0 aliphatic carbocycles. The minimum atomic E-state index is -0.408. The Kier molecular flexibility index (Phi) is 4.32. The van der Waals surface area contributed by atoms with Crippen LogP contribution in [0.2, 0.25) is 5.02 Å². The summed E-state index contributed by atoms with van der Waals surface area (Å²) in [4.78, 5) is 0. The second kappa shape index (κ2) is 5.98. The highest BCUT2D eigenvalue weighted by atomic mass is 35.5. The topological polar surface area (TPSA) is 35.8 Å². The highest BCUT2D eigenvalue weighted by molar-refractivity contribution is 6.33. The Balaban J connectivity index is 2.37. The molecule has 1 N–H and O–H groups in total. The first-order chi connectivity index (χ1) is 9.52. The first kappa shape index (κ1) is 14.4. The number of hydrogen-bond donors (Lipinski definition) is 1. The maximum absolute atomic E-state index is 9.46. The summed E-state index contributed by atoms with van der Waals surface area (Å²) >= 11 is 6.14. The molecule has 0 bridgehead atoms. The summed E-state index contributed by atoms with van der Waals surface area (Å²) < 4.78 is 0. The van der Waals surface area contributed by atoms with Crippen LogP contribution >= 0.6 is 11.6 Å². The van der Waals surface area contributed by atoms with Gasteiger partial charge in [-0.25, -0.2) is 0 Å². The van der Waals surface area contributed by atoms with E-state index in [2.05, 4.69) is 37.4 Å². The van der Waals surface area contributed by atoms with Gasteiger partial charge in [0.05, 0.1) is 16.8 Å². The Morgan fingerprint density at radius 1 is 1.05 bits per heavy atom. The quantitative estimate of drug-likeness (QED) is 0.866. The third kappa shape index (κ3) is 2.95. The number of rotatable bonds is 3. The lowest BCUT2D eigenvalue weighted by atomic mass is 9.96. The first-order valence-corrected chi connectivity index (χ1v) is 6.89. The van der Waals surface area contributed by atoms with Crippen LogP contribution in [0.3, 0.4) is 0 Å². The summed E-state index contributed by atoms with van der Waals surface area (Å²) in [7, 11) is 0. The lowest BCUT2D eigenvalue weighted by Gasteiger charge is -2.18. The number of anilines is 1. The number of nitriles is 1. The number of nitrogens with zero attached hydrogens (tertiary/aromatic N) is 1. The van der Waals surface area contributed by atoms with Gasteiger partial charge in [0.2, 0.25) is 0 Å². The van der Waals surface area contributed by atoms with Crippen LogP contribution in [0.4, 0.5) is 5.69 Å². The van der Waals surface area contributed by atoms with Gasteiger partial charge in [0, 0.05) is 0 Å². The van der Waals surface area contributed by atoms with E-state index in [-0.39, 0.29) is 0 Å². The van der Waals surface area contributed by atoms with Gasteiger partial charge in [-0.3, -0.25) is 0 Å². The van der Waals surface area contributed by atoms with E-state index in [0.717, 1.165) is 16.8 Å². The minimum Gasteiger partial charge on any atom is -0.365 e. The van der Waals surface area contributed by atoms with E-state index in [1.807, 2.05) is 31.2 Å². The van der Waals surface area contributed by atoms with Gasteiger partial charge in [-0.1, -0.05) is 35.9 Å². The summed E-state index contributed by atoms with van der Waals surface area (Å²) in [5.74, 6) is 0. The number of benzene rings is 2. The zero-order valence-electron chi connectivity index (χ0n) is 11.9. The normalized spacial score (nSPS) is 11.8. The van der Waals surface area contributed by atoms with Crippen LogP contribution in [-0.4, -0.2) is 0 Å². The molecule has 0 fully saturated rings. The maximum atomic E-state index is 9.46. The molecule has 2 aromatic carbocycles. The number of hydrogen-bond acceptors (Lipinski definition) is 2. The minimum absolute atomic E-state index is 0.408. The molecule has 0 saturated heterocycles. The van der Waals surface area contributed by atoms with E-state index in [0.29, 0.717) is 5.02 Å². The Labute approximate surface area is 125 Å². The van der Waals surface area contributed by atoms with Crippen molar-refractivity contribution in [2.24, 2.45) is 0 Å². The van der Waals surface area contributed by atoms with Crippen LogP contribution in [0.5, 0.6) is 0 Å². The van der Waals surface area contributed by atoms with Crippen molar-refractivity contribution in [2.75, 3.05) is 5.32 Å². The van der Waals surface area contributed by atoms with Gasteiger partial charge in [0.15, 0.2) is 0 Å². The molecule has 0 aliphatic heterocycles. The largest absolute Gasteiger partial charge is 0.365 e. The molecule has 2 aromatic rings. The van der Waals surface area contributed by atoms with Gasteiger partial charge < -0.3 is 5.32 Å². The monoisotopic (exact) mass is 284 g/mol. The van der Waals surface area contributed by atoms with Crippen molar-refractivity contribution in [1.29, 1.82) is 5.26 Å². The smallest absolute Gasteiger partial charge is 0.140 e. The summed E-state index contributed by atoms with van der Waals surface area (Å²) in [6.07, 6.45) is 0. The molecule has 1 unspecified atom stereocenters. The Morgan fingerprint density at radius 2 is 1.70 bits per heavy atom. The molecular formula is C17H17ClN2. The fourth-order valence-electron chi connectivity index (χ4n) is 2.21. The number of nitrogens with one attached hydrogen (secondary N) is 1. The van der Waals surface area contributed by atoms with Crippen molar-refractivity contribution in [3.63, 3.8) is 0 Å². The Bertz CT molecular complexity index is 671. The van der Waals surface area contributed by atoms with Gasteiger partial charge in [-0.2, -0.15) is 5.26 Å². The summed E-state index contributed by atoms with van der Waals surface area (Å²) in [5, 5.41) is 13.3. The first-order valence-electron chi connectivity index (χ1n) is 6.51. The average molecular weight is 285 g/mol. The van der Waals surface area contributed by atoms with Crippen molar-refractivity contribution in [2.45, 2.75) is 26.8 Å². The molecule has 0 saturated carbocycles. The summed E-state index contributed by atoms with van der Waals surface area (Å²) in [6.45, 7) is 6.16. The van der Waals surface area contributed by atoms with Crippen LogP contribution < -0.4 is 5.32 Å². The second-order valence-corrected chi connectivity index (χ2v) is 5.39. The molecule has 0 spiro atoms. The fraction of sp³-hybridized carbons (Fsp3) is 0.235. The van der Waals surface area contributed by atoms with Crippen molar-refractivity contribution < 1.29 is 0 Å². The predicted molar refractivity (Wildman–Crippen MR) is 84.1 cm³/mol. The van der Waals surface area contributed by atoms with Crippen LogP contribution in [0.1, 0.15) is 28.3 Å². The second-order valence-electron chi connectivity index (χ2n) is 4.98. The zero-order chi connectivity index (χ0) is 14.7. The molecule has 1 atom stereocenters. The van der Waals surface area contributed by atoms with Gasteiger partial charge in [-0.05, 0) is 55.2 Å². The van der Waals surface area contributed by atoms with E-state index in [1.54, 1.807) is 0 Å². The number of aryl methyl sites for hydroxylation is 3. The van der Waals surface area contributed by atoms with Crippen molar-refractivity contribution >= 4 is 17.3 Å². The molecule has 2 nitrogen and oxygen atoms in total. The fourth-order valence-corrected chi connectivity index (χ4v) is 2.40. The molecule has 0 aliphatic rings. The van der Waals surface area contributed by atoms with Crippen LogP contribution in [0.15, 0.2) is 36.4 Å². The molecule has 0 heterocycles. The van der Waals surface area contributed by atoms with Gasteiger partial charge in [0.1, 0.15) is 6.04 Å². The Hall–Kier alpha value is -1.98. The standard InChI is InChI=1S/C17H17ClN2/c1-11-8-13(3)14(9-12(11)2)17(10-19)20-16-7-5-4-6-15(16)18/h4-9,17,20H,1-3H3. The third-order valence-corrected chi connectivity index (χ3v) is 3.83. The predicted octanol–water partition coefficient (Wildman–Crippen LogP) is 4.94. The highest BCUT2D eigenvalue weighted by Crippen LogP contribution is 2.28. The molecule has 102 valence electrons. The molecule has 0 amide bonds. The van der Waals surface area contributed by atoms with Crippen LogP contribution in [0, 0.1) is 32.1 Å². The third-order valence-electron chi connectivity index (χ3n) is 3.50. The zero-order valence-corrected chi connectivity index (χ0v) is 12.6. The van der Waals surface area contributed by atoms with E-state index in [9.17, 15) is 5.26 Å². The molecular weight excluding hydrogens is 268 g/mol. The van der Waals surface area contributed by atoms with Crippen molar-refractivity contribution in [1.82, 2.24) is 0 Å².